The van der Waals surface area contributed by atoms with Crippen molar-refractivity contribution in [3.8, 4) is 11.5 Å². The minimum Gasteiger partial charge on any atom is -0.497 e. The molecular formula is C22H26N2O6S. The van der Waals surface area contributed by atoms with Crippen molar-refractivity contribution in [1.82, 2.24) is 9.21 Å². The Morgan fingerprint density at radius 2 is 1.58 bits per heavy atom. The van der Waals surface area contributed by atoms with E-state index in [2.05, 4.69) is 0 Å². The Morgan fingerprint density at radius 1 is 0.968 bits per heavy atom. The van der Waals surface area contributed by atoms with Crippen LogP contribution in [-0.4, -0.2) is 75.1 Å². The molecule has 2 bridgehead atoms. The number of amides is 1. The predicted molar refractivity (Wildman–Crippen MR) is 114 cm³/mol. The SMILES string of the molecule is COc1ccc(S(=O)(=O)N2CC3CN(C(=O)C(C)Oc4ccccc4)CC(C2)O3)cc1. The number of para-hydroxylation sites is 1. The van der Waals surface area contributed by atoms with Gasteiger partial charge in [0, 0.05) is 26.2 Å². The van der Waals surface area contributed by atoms with Crippen molar-refractivity contribution in [1.29, 1.82) is 0 Å². The first-order valence-corrected chi connectivity index (χ1v) is 11.6. The zero-order valence-corrected chi connectivity index (χ0v) is 18.3. The van der Waals surface area contributed by atoms with E-state index in [4.69, 9.17) is 14.2 Å². The number of carbonyl (C=O) groups is 1. The summed E-state index contributed by atoms with van der Waals surface area (Å²) < 4.78 is 44.4. The lowest BCUT2D eigenvalue weighted by Crippen LogP contribution is -2.62. The number of benzene rings is 2. The molecule has 2 aliphatic rings. The van der Waals surface area contributed by atoms with Gasteiger partial charge in [-0.3, -0.25) is 4.79 Å². The van der Waals surface area contributed by atoms with E-state index in [0.717, 1.165) is 0 Å². The third-order valence-corrected chi connectivity index (χ3v) is 7.31. The first-order valence-electron chi connectivity index (χ1n) is 10.2. The number of methoxy groups -OCH3 is 1. The molecule has 8 nitrogen and oxygen atoms in total. The number of fused-ring (bicyclic) bond motifs is 2. The zero-order chi connectivity index (χ0) is 22.0. The second-order valence-corrected chi connectivity index (χ2v) is 9.63. The van der Waals surface area contributed by atoms with E-state index >= 15 is 0 Å². The summed E-state index contributed by atoms with van der Waals surface area (Å²) in [6, 6.07) is 15.5. The summed E-state index contributed by atoms with van der Waals surface area (Å²) in [5.74, 6) is 1.10. The number of hydrogen-bond acceptors (Lipinski definition) is 6. The van der Waals surface area contributed by atoms with Crippen LogP contribution in [0.25, 0.3) is 0 Å². The van der Waals surface area contributed by atoms with Gasteiger partial charge in [-0.05, 0) is 43.3 Å². The molecule has 0 aliphatic carbocycles. The van der Waals surface area contributed by atoms with Gasteiger partial charge in [0.1, 0.15) is 11.5 Å². The summed E-state index contributed by atoms with van der Waals surface area (Å²) >= 11 is 0. The van der Waals surface area contributed by atoms with Gasteiger partial charge >= 0.3 is 0 Å². The highest BCUT2D eigenvalue weighted by Crippen LogP contribution is 2.26. The predicted octanol–water partition coefficient (Wildman–Crippen LogP) is 1.76. The third kappa shape index (κ3) is 4.68. The Bertz CT molecular complexity index is 998. The monoisotopic (exact) mass is 446 g/mol. The van der Waals surface area contributed by atoms with Gasteiger partial charge in [0.25, 0.3) is 5.91 Å². The van der Waals surface area contributed by atoms with Gasteiger partial charge in [-0.2, -0.15) is 4.31 Å². The normalized spacial score (nSPS) is 22.6. The number of ether oxygens (including phenoxy) is 3. The molecular weight excluding hydrogens is 420 g/mol. The summed E-state index contributed by atoms with van der Waals surface area (Å²) in [6.45, 7) is 2.77. The summed E-state index contributed by atoms with van der Waals surface area (Å²) in [5, 5.41) is 0. The lowest BCUT2D eigenvalue weighted by Gasteiger charge is -2.45. The molecule has 0 saturated carbocycles. The van der Waals surface area contributed by atoms with Crippen molar-refractivity contribution in [3.63, 3.8) is 0 Å². The van der Waals surface area contributed by atoms with Gasteiger partial charge in [-0.15, -0.1) is 0 Å². The topological polar surface area (TPSA) is 85.4 Å². The first-order chi connectivity index (χ1) is 14.9. The van der Waals surface area contributed by atoms with E-state index in [9.17, 15) is 13.2 Å². The number of rotatable bonds is 6. The van der Waals surface area contributed by atoms with Crippen LogP contribution in [-0.2, 0) is 19.6 Å². The van der Waals surface area contributed by atoms with Crippen LogP contribution in [0.2, 0.25) is 0 Å². The Hall–Kier alpha value is -2.62. The lowest BCUT2D eigenvalue weighted by atomic mass is 10.1. The highest BCUT2D eigenvalue weighted by molar-refractivity contribution is 7.89. The fourth-order valence-electron chi connectivity index (χ4n) is 3.94. The van der Waals surface area contributed by atoms with E-state index in [1.165, 1.54) is 23.5 Å². The molecule has 9 heteroatoms. The van der Waals surface area contributed by atoms with Gasteiger partial charge in [0.2, 0.25) is 10.0 Å². The van der Waals surface area contributed by atoms with E-state index < -0.39 is 16.1 Å². The Morgan fingerprint density at radius 3 is 2.16 bits per heavy atom. The summed E-state index contributed by atoms with van der Waals surface area (Å²) in [6.07, 6.45) is -1.40. The van der Waals surface area contributed by atoms with Crippen molar-refractivity contribution in [3.05, 3.63) is 54.6 Å². The van der Waals surface area contributed by atoms with E-state index in [0.29, 0.717) is 24.6 Å². The molecule has 0 aromatic heterocycles. The standard InChI is InChI=1S/C22H26N2O6S/c1-16(29-18-6-4-3-5-7-18)22(25)23-12-19-14-24(15-20(13-23)30-19)31(26,27)21-10-8-17(28-2)9-11-21/h3-11,16,19-20H,12-15H2,1-2H3. The van der Waals surface area contributed by atoms with E-state index in [1.54, 1.807) is 36.1 Å². The minimum absolute atomic E-state index is 0.131. The molecule has 0 radical (unpaired) electrons. The molecule has 2 heterocycles. The van der Waals surface area contributed by atoms with Gasteiger partial charge in [-0.25, -0.2) is 8.42 Å². The van der Waals surface area contributed by atoms with Crippen LogP contribution in [0, 0.1) is 0 Å². The van der Waals surface area contributed by atoms with Gasteiger partial charge in [0.15, 0.2) is 6.10 Å². The zero-order valence-electron chi connectivity index (χ0n) is 17.5. The van der Waals surface area contributed by atoms with Crippen LogP contribution >= 0.6 is 0 Å². The summed E-state index contributed by atoms with van der Waals surface area (Å²) in [4.78, 5) is 14.8. The van der Waals surface area contributed by atoms with E-state index in [-0.39, 0.29) is 36.1 Å². The number of hydrogen-bond donors (Lipinski definition) is 0. The van der Waals surface area contributed by atoms with E-state index in [1.807, 2.05) is 18.2 Å². The average Bonchev–Trinajstić information content (AvgIpc) is 2.78. The van der Waals surface area contributed by atoms with Crippen LogP contribution in [0.4, 0.5) is 0 Å². The molecule has 2 aromatic rings. The molecule has 2 saturated heterocycles. The molecule has 1 amide bonds. The molecule has 4 rings (SSSR count). The number of morpholine rings is 2. The molecule has 2 aromatic carbocycles. The maximum Gasteiger partial charge on any atom is 0.263 e. The van der Waals surface area contributed by atoms with Crippen molar-refractivity contribution >= 4 is 15.9 Å². The molecule has 2 aliphatic heterocycles. The second-order valence-electron chi connectivity index (χ2n) is 7.69. The van der Waals surface area contributed by atoms with Crippen LogP contribution in [0.1, 0.15) is 6.92 Å². The summed E-state index contributed by atoms with van der Waals surface area (Å²) in [7, 11) is -2.12. The fourth-order valence-corrected chi connectivity index (χ4v) is 5.44. The van der Waals surface area contributed by atoms with Crippen LogP contribution in [0.3, 0.4) is 0 Å². The van der Waals surface area contributed by atoms with Crippen molar-refractivity contribution in [2.45, 2.75) is 30.1 Å². The number of nitrogens with zero attached hydrogens (tertiary/aromatic N) is 2. The van der Waals surface area contributed by atoms with Gasteiger partial charge < -0.3 is 19.1 Å². The Balaban J connectivity index is 1.41. The molecule has 0 N–H and O–H groups in total. The van der Waals surface area contributed by atoms with Crippen molar-refractivity contribution in [2.24, 2.45) is 0 Å². The van der Waals surface area contributed by atoms with Gasteiger partial charge in [-0.1, -0.05) is 18.2 Å². The van der Waals surface area contributed by atoms with Gasteiger partial charge in [0.05, 0.1) is 24.2 Å². The lowest BCUT2D eigenvalue weighted by molar-refractivity contribution is -0.159. The smallest absolute Gasteiger partial charge is 0.263 e. The Kier molecular flexibility index (Phi) is 6.17. The minimum atomic E-state index is -3.65. The third-order valence-electron chi connectivity index (χ3n) is 5.46. The van der Waals surface area contributed by atoms with Crippen LogP contribution < -0.4 is 9.47 Å². The molecule has 0 spiro atoms. The van der Waals surface area contributed by atoms with Crippen LogP contribution in [0.5, 0.6) is 11.5 Å². The van der Waals surface area contributed by atoms with Crippen molar-refractivity contribution < 1.29 is 27.4 Å². The Labute approximate surface area is 182 Å². The maximum atomic E-state index is 13.1. The van der Waals surface area contributed by atoms with Crippen LogP contribution in [0.15, 0.2) is 59.5 Å². The molecule has 166 valence electrons. The highest BCUT2D eigenvalue weighted by Gasteiger charge is 2.42. The second kappa shape index (κ2) is 8.86. The first kappa shape index (κ1) is 21.6. The highest BCUT2D eigenvalue weighted by atomic mass is 32.2. The number of carbonyl (C=O) groups excluding carboxylic acids is 1. The maximum absolute atomic E-state index is 13.1. The summed E-state index contributed by atoms with van der Waals surface area (Å²) in [5.41, 5.74) is 0. The quantitative estimate of drug-likeness (QED) is 0.672. The van der Waals surface area contributed by atoms with Crippen molar-refractivity contribution in [2.75, 3.05) is 33.3 Å². The molecule has 3 atom stereocenters. The molecule has 31 heavy (non-hydrogen) atoms. The molecule has 2 fully saturated rings. The molecule has 3 unspecified atom stereocenters. The largest absolute Gasteiger partial charge is 0.497 e. The number of sulfonamides is 1. The average molecular weight is 447 g/mol. The fraction of sp³-hybridized carbons (Fsp3) is 0.409.